The number of hydrogen-bond donors (Lipinski definition) is 0. The van der Waals surface area contributed by atoms with Crippen molar-refractivity contribution in [2.75, 3.05) is 7.11 Å². The molecule has 0 aromatic carbocycles. The second-order valence-electron chi connectivity index (χ2n) is 3.70. The van der Waals surface area contributed by atoms with E-state index < -0.39 is 0 Å². The Kier molecular flexibility index (Phi) is 10.9. The van der Waals surface area contributed by atoms with Gasteiger partial charge in [0.1, 0.15) is 0 Å². The fourth-order valence-corrected chi connectivity index (χ4v) is 1.11. The Hall–Kier alpha value is -0.366. The molecule has 0 bridgehead atoms. The van der Waals surface area contributed by atoms with Gasteiger partial charge in [-0.3, -0.25) is 0 Å². The SMILES string of the molecule is CC1=CC=CC1.CC1=CC=CC1.C[O][Ti][CH3]. The number of rotatable bonds is 1. The van der Waals surface area contributed by atoms with Crippen molar-refractivity contribution in [3.63, 3.8) is 0 Å². The normalized spacial score (nSPS) is 15.5. The second kappa shape index (κ2) is 11.1. The summed E-state index contributed by atoms with van der Waals surface area (Å²) in [6.07, 6.45) is 15.1. The first-order chi connectivity index (χ1) is 7.70. The molecule has 0 spiro atoms. The van der Waals surface area contributed by atoms with Crippen molar-refractivity contribution in [1.29, 1.82) is 0 Å². The zero-order valence-corrected chi connectivity index (χ0v) is 12.3. The summed E-state index contributed by atoms with van der Waals surface area (Å²) in [6.45, 7) is 4.28. The van der Waals surface area contributed by atoms with Crippen LogP contribution in [-0.4, -0.2) is 7.11 Å². The Morgan fingerprint density at radius 2 is 1.38 bits per heavy atom. The molecule has 2 aliphatic rings. The first-order valence-electron chi connectivity index (χ1n) is 5.55. The molecule has 1 nitrogen and oxygen atoms in total. The van der Waals surface area contributed by atoms with E-state index >= 15 is 0 Å². The first kappa shape index (κ1) is 15.6. The fraction of sp³-hybridized carbons (Fsp3) is 0.429. The molecule has 88 valence electrons. The topological polar surface area (TPSA) is 9.23 Å². The van der Waals surface area contributed by atoms with Gasteiger partial charge in [0.2, 0.25) is 0 Å². The molecule has 0 amide bonds. The van der Waals surface area contributed by atoms with E-state index in [4.69, 9.17) is 0 Å². The third-order valence-electron chi connectivity index (χ3n) is 2.12. The summed E-state index contributed by atoms with van der Waals surface area (Å²) in [6, 6.07) is 0. The molecule has 0 heterocycles. The van der Waals surface area contributed by atoms with Crippen molar-refractivity contribution in [1.82, 2.24) is 0 Å². The molecule has 2 rings (SSSR count). The van der Waals surface area contributed by atoms with Crippen LogP contribution in [0.3, 0.4) is 0 Å². The molecule has 0 N–H and O–H groups in total. The molecule has 0 aliphatic heterocycles. The molecular formula is C14H22OTi. The minimum absolute atomic E-state index is 0.0139. The summed E-state index contributed by atoms with van der Waals surface area (Å²) in [5.74, 6) is 0. The Balaban J connectivity index is 0.000000217. The Bertz CT molecular complexity index is 255. The fourth-order valence-electron chi connectivity index (χ4n) is 1.11. The van der Waals surface area contributed by atoms with Crippen LogP contribution in [0.1, 0.15) is 26.7 Å². The van der Waals surface area contributed by atoms with Gasteiger partial charge in [-0.2, -0.15) is 0 Å². The number of allylic oxidation sites excluding steroid dienone is 8. The predicted octanol–water partition coefficient (Wildman–Crippen LogP) is 4.46. The monoisotopic (exact) mass is 254 g/mol. The Labute approximate surface area is 109 Å². The maximum atomic E-state index is 4.67. The quantitative estimate of drug-likeness (QED) is 0.627. The summed E-state index contributed by atoms with van der Waals surface area (Å²) in [5, 5.41) is 2.08. The van der Waals surface area contributed by atoms with Gasteiger partial charge in [-0.1, -0.05) is 47.6 Å². The summed E-state index contributed by atoms with van der Waals surface area (Å²) in [4.78, 5) is 0. The van der Waals surface area contributed by atoms with Crippen LogP contribution in [0.5, 0.6) is 0 Å². The molecule has 2 aliphatic carbocycles. The van der Waals surface area contributed by atoms with Crippen LogP contribution in [-0.2, 0) is 22.9 Å². The predicted molar refractivity (Wildman–Crippen MR) is 67.9 cm³/mol. The van der Waals surface area contributed by atoms with Crippen molar-refractivity contribution in [3.05, 3.63) is 47.6 Å². The average molecular weight is 254 g/mol. The van der Waals surface area contributed by atoms with Gasteiger partial charge in [-0.25, -0.2) is 0 Å². The summed E-state index contributed by atoms with van der Waals surface area (Å²) in [7, 11) is 1.74. The van der Waals surface area contributed by atoms with Gasteiger partial charge in [-0.05, 0) is 26.7 Å². The maximum absolute atomic E-state index is 4.67. The third-order valence-corrected chi connectivity index (χ3v) is 2.75. The first-order valence-corrected chi connectivity index (χ1v) is 7.75. The van der Waals surface area contributed by atoms with E-state index in [1.165, 1.54) is 24.0 Å². The van der Waals surface area contributed by atoms with E-state index in [2.05, 4.69) is 58.9 Å². The number of hydrogen-bond acceptors (Lipinski definition) is 1. The zero-order valence-electron chi connectivity index (χ0n) is 10.8. The van der Waals surface area contributed by atoms with Crippen LogP contribution in [0.4, 0.5) is 0 Å². The van der Waals surface area contributed by atoms with Gasteiger partial charge in [-0.15, -0.1) is 0 Å². The van der Waals surface area contributed by atoms with E-state index in [0.717, 1.165) is 0 Å². The summed E-state index contributed by atoms with van der Waals surface area (Å²) in [5.41, 5.74) is 2.94. The average Bonchev–Trinajstić information content (AvgIpc) is 2.93. The van der Waals surface area contributed by atoms with Gasteiger partial charge < -0.3 is 0 Å². The summed E-state index contributed by atoms with van der Waals surface area (Å²) >= 11 is 0.0139. The zero-order chi connectivity index (χ0) is 12.2. The van der Waals surface area contributed by atoms with Crippen molar-refractivity contribution >= 4 is 0 Å². The van der Waals surface area contributed by atoms with Crippen LogP contribution in [0.2, 0.25) is 5.23 Å². The van der Waals surface area contributed by atoms with Crippen LogP contribution in [0, 0.1) is 0 Å². The van der Waals surface area contributed by atoms with E-state index in [0.29, 0.717) is 0 Å². The second-order valence-corrected chi connectivity index (χ2v) is 4.97. The van der Waals surface area contributed by atoms with E-state index in [1.54, 1.807) is 7.11 Å². The van der Waals surface area contributed by atoms with Crippen molar-refractivity contribution in [3.8, 4) is 0 Å². The molecule has 16 heavy (non-hydrogen) atoms. The van der Waals surface area contributed by atoms with Crippen molar-refractivity contribution in [2.45, 2.75) is 31.9 Å². The molecule has 0 saturated carbocycles. The minimum atomic E-state index is 0.0139. The molecule has 0 saturated heterocycles. The molecule has 0 aromatic rings. The van der Waals surface area contributed by atoms with Crippen LogP contribution in [0.15, 0.2) is 47.6 Å². The van der Waals surface area contributed by atoms with Gasteiger partial charge >= 0.3 is 35.2 Å². The van der Waals surface area contributed by atoms with E-state index in [1.807, 2.05) is 0 Å². The van der Waals surface area contributed by atoms with E-state index in [-0.39, 0.29) is 19.5 Å². The van der Waals surface area contributed by atoms with E-state index in [9.17, 15) is 0 Å². The summed E-state index contributed by atoms with van der Waals surface area (Å²) < 4.78 is 4.67. The Morgan fingerprint density at radius 3 is 1.44 bits per heavy atom. The van der Waals surface area contributed by atoms with Crippen molar-refractivity contribution in [2.24, 2.45) is 0 Å². The molecule has 0 aromatic heterocycles. The Morgan fingerprint density at radius 1 is 1.00 bits per heavy atom. The molecular weight excluding hydrogens is 232 g/mol. The van der Waals surface area contributed by atoms with Gasteiger partial charge in [0, 0.05) is 0 Å². The van der Waals surface area contributed by atoms with Gasteiger partial charge in [0.05, 0.1) is 0 Å². The van der Waals surface area contributed by atoms with Crippen LogP contribution in [0.25, 0.3) is 0 Å². The van der Waals surface area contributed by atoms with Crippen LogP contribution >= 0.6 is 0 Å². The molecule has 0 unspecified atom stereocenters. The molecule has 0 fully saturated rings. The van der Waals surface area contributed by atoms with Gasteiger partial charge in [0.25, 0.3) is 0 Å². The third kappa shape index (κ3) is 10.2. The van der Waals surface area contributed by atoms with Crippen molar-refractivity contribution < 1.29 is 22.9 Å². The molecule has 2 heteroatoms. The van der Waals surface area contributed by atoms with Crippen LogP contribution < -0.4 is 0 Å². The molecule has 0 radical (unpaired) electrons. The van der Waals surface area contributed by atoms with Gasteiger partial charge in [0.15, 0.2) is 0 Å². The standard InChI is InChI=1S/2C6H8.CH3O.CH3.Ti/c2*1-6-4-2-3-5-6;1-2;;/h2*2-4H,5H2,1H3;1H3;1H3;/q;;-1;;+1. The molecule has 0 atom stereocenters.